The van der Waals surface area contributed by atoms with E-state index in [1.54, 1.807) is 0 Å². The van der Waals surface area contributed by atoms with Gasteiger partial charge in [-0.3, -0.25) is 9.59 Å². The third-order valence-corrected chi connectivity index (χ3v) is 3.58. The van der Waals surface area contributed by atoms with Crippen LogP contribution in [0.5, 0.6) is 0 Å². The summed E-state index contributed by atoms with van der Waals surface area (Å²) in [5.74, 6) is 0.351. The van der Waals surface area contributed by atoms with Gasteiger partial charge >= 0.3 is 0 Å². The van der Waals surface area contributed by atoms with Crippen LogP contribution in [-0.2, 0) is 9.59 Å². The van der Waals surface area contributed by atoms with Crippen LogP contribution in [0.15, 0.2) is 12.2 Å². The van der Waals surface area contributed by atoms with E-state index in [1.807, 2.05) is 0 Å². The van der Waals surface area contributed by atoms with Crippen molar-refractivity contribution in [3.63, 3.8) is 0 Å². The first-order valence-corrected chi connectivity index (χ1v) is 5.38. The predicted molar refractivity (Wildman–Crippen MR) is 53.9 cm³/mol. The van der Waals surface area contributed by atoms with Crippen LogP contribution in [0.2, 0.25) is 0 Å². The number of Topliss-reactive ketones (excluding diaryl/α,β-unsaturated/α-hetero) is 2. The summed E-state index contributed by atoms with van der Waals surface area (Å²) >= 11 is 0. The molecular weight excluding hydrogens is 176 g/mol. The van der Waals surface area contributed by atoms with Gasteiger partial charge < -0.3 is 0 Å². The summed E-state index contributed by atoms with van der Waals surface area (Å²) in [4.78, 5) is 23.7. The molecule has 0 saturated heterocycles. The maximum absolute atomic E-state index is 11.9. The molecule has 2 aliphatic rings. The Balaban J connectivity index is 2.29. The zero-order valence-electron chi connectivity index (χ0n) is 8.47. The lowest BCUT2D eigenvalue weighted by Gasteiger charge is -2.38. The smallest absolute Gasteiger partial charge is 0.147 e. The zero-order chi connectivity index (χ0) is 10.2. The van der Waals surface area contributed by atoms with Gasteiger partial charge in [0.15, 0.2) is 0 Å². The highest BCUT2D eigenvalue weighted by molar-refractivity contribution is 6.08. The number of carbonyl (C=O) groups excluding carboxylic acids is 2. The summed E-state index contributed by atoms with van der Waals surface area (Å²) in [6.07, 6.45) is 5.29. The summed E-state index contributed by atoms with van der Waals surface area (Å²) in [6.45, 7) is 3.93. The average molecular weight is 192 g/mol. The van der Waals surface area contributed by atoms with E-state index in [4.69, 9.17) is 0 Å². The Hall–Kier alpha value is -0.920. The van der Waals surface area contributed by atoms with Crippen LogP contribution < -0.4 is 0 Å². The summed E-state index contributed by atoms with van der Waals surface area (Å²) < 4.78 is 0. The van der Waals surface area contributed by atoms with Crippen molar-refractivity contribution >= 4 is 11.6 Å². The zero-order valence-corrected chi connectivity index (χ0v) is 8.47. The Morgan fingerprint density at radius 3 is 2.43 bits per heavy atom. The highest BCUT2D eigenvalue weighted by Gasteiger charge is 2.47. The lowest BCUT2D eigenvalue weighted by atomic mass is 9.63. The number of hydrogen-bond donors (Lipinski definition) is 0. The van der Waals surface area contributed by atoms with Crippen LogP contribution in [0.3, 0.4) is 0 Å². The second-order valence-electron chi connectivity index (χ2n) is 4.56. The molecular formula is C12H16O2. The molecule has 0 bridgehead atoms. The molecule has 0 radical (unpaired) electrons. The predicted octanol–water partition coefficient (Wildman–Crippen LogP) is 2.43. The monoisotopic (exact) mass is 192 g/mol. The van der Waals surface area contributed by atoms with Gasteiger partial charge in [-0.15, -0.1) is 0 Å². The molecule has 2 saturated carbocycles. The van der Waals surface area contributed by atoms with Crippen molar-refractivity contribution in [2.24, 2.45) is 5.41 Å². The fourth-order valence-corrected chi connectivity index (χ4v) is 2.72. The number of hydrogen-bond acceptors (Lipinski definition) is 2. The molecule has 0 aromatic rings. The normalized spacial score (nSPS) is 33.9. The van der Waals surface area contributed by atoms with E-state index >= 15 is 0 Å². The molecule has 1 unspecified atom stereocenters. The third-order valence-electron chi connectivity index (χ3n) is 3.58. The second kappa shape index (κ2) is 3.34. The molecule has 0 amide bonds. The third kappa shape index (κ3) is 1.33. The largest absolute Gasteiger partial charge is 0.299 e. The summed E-state index contributed by atoms with van der Waals surface area (Å²) in [6, 6.07) is 0. The SMILES string of the molecule is C=C1CCC(=O)C2(CCCCC2=O)C1. The molecule has 2 fully saturated rings. The van der Waals surface area contributed by atoms with Crippen molar-refractivity contribution in [3.05, 3.63) is 12.2 Å². The maximum atomic E-state index is 11.9. The molecule has 2 heteroatoms. The van der Waals surface area contributed by atoms with Crippen molar-refractivity contribution in [1.29, 1.82) is 0 Å². The Kier molecular flexibility index (Phi) is 2.30. The number of rotatable bonds is 0. The Bertz CT molecular complexity index is 293. The van der Waals surface area contributed by atoms with Crippen molar-refractivity contribution in [2.75, 3.05) is 0 Å². The van der Waals surface area contributed by atoms with Gasteiger partial charge in [-0.25, -0.2) is 0 Å². The fourth-order valence-electron chi connectivity index (χ4n) is 2.72. The minimum Gasteiger partial charge on any atom is -0.299 e. The molecule has 2 aliphatic carbocycles. The molecule has 2 rings (SSSR count). The van der Waals surface area contributed by atoms with Crippen LogP contribution in [0.25, 0.3) is 0 Å². The van der Waals surface area contributed by atoms with Gasteiger partial charge in [0.05, 0.1) is 5.41 Å². The second-order valence-corrected chi connectivity index (χ2v) is 4.56. The number of ketones is 2. The van der Waals surface area contributed by atoms with Crippen molar-refractivity contribution < 1.29 is 9.59 Å². The van der Waals surface area contributed by atoms with E-state index < -0.39 is 5.41 Å². The Morgan fingerprint density at radius 1 is 1.00 bits per heavy atom. The van der Waals surface area contributed by atoms with E-state index in [1.165, 1.54) is 0 Å². The topological polar surface area (TPSA) is 34.1 Å². The van der Waals surface area contributed by atoms with Crippen LogP contribution in [0.4, 0.5) is 0 Å². The number of carbonyl (C=O) groups is 2. The van der Waals surface area contributed by atoms with Crippen LogP contribution in [-0.4, -0.2) is 11.6 Å². The van der Waals surface area contributed by atoms with Crippen LogP contribution in [0, 0.1) is 5.41 Å². The Morgan fingerprint density at radius 2 is 1.71 bits per heavy atom. The molecule has 2 nitrogen and oxygen atoms in total. The van der Waals surface area contributed by atoms with Crippen LogP contribution in [0.1, 0.15) is 44.9 Å². The Labute approximate surface area is 84.4 Å². The standard InChI is InChI=1S/C12H16O2/c1-9-5-6-11(14)12(8-9)7-3-2-4-10(12)13/h1-8H2. The van der Waals surface area contributed by atoms with Crippen molar-refractivity contribution in [2.45, 2.75) is 44.9 Å². The lowest BCUT2D eigenvalue weighted by Crippen LogP contribution is -2.44. The molecule has 0 aromatic heterocycles. The highest BCUT2D eigenvalue weighted by Crippen LogP contribution is 2.44. The summed E-state index contributed by atoms with van der Waals surface area (Å²) in [7, 11) is 0. The lowest BCUT2D eigenvalue weighted by molar-refractivity contribution is -0.144. The van der Waals surface area contributed by atoms with Crippen molar-refractivity contribution in [3.8, 4) is 0 Å². The van der Waals surface area contributed by atoms with E-state index in [2.05, 4.69) is 6.58 Å². The van der Waals surface area contributed by atoms with Gasteiger partial charge in [0, 0.05) is 12.8 Å². The molecule has 1 spiro atoms. The minimum atomic E-state index is -0.631. The quantitative estimate of drug-likeness (QED) is 0.436. The average Bonchev–Trinajstić information content (AvgIpc) is 2.17. The first-order valence-electron chi connectivity index (χ1n) is 5.38. The van der Waals surface area contributed by atoms with Gasteiger partial charge in [0.2, 0.25) is 0 Å². The maximum Gasteiger partial charge on any atom is 0.147 e. The van der Waals surface area contributed by atoms with Crippen molar-refractivity contribution in [1.82, 2.24) is 0 Å². The first-order chi connectivity index (χ1) is 6.65. The first kappa shape index (κ1) is 9.63. The summed E-state index contributed by atoms with van der Waals surface area (Å²) in [5.41, 5.74) is 0.452. The molecule has 0 heterocycles. The van der Waals surface area contributed by atoms with Gasteiger partial charge in [-0.2, -0.15) is 0 Å². The fraction of sp³-hybridized carbons (Fsp3) is 0.667. The molecule has 76 valence electrons. The van der Waals surface area contributed by atoms with E-state index in [9.17, 15) is 9.59 Å². The molecule has 14 heavy (non-hydrogen) atoms. The van der Waals surface area contributed by atoms with Gasteiger partial charge in [0.25, 0.3) is 0 Å². The number of allylic oxidation sites excluding steroid dienone is 1. The van der Waals surface area contributed by atoms with E-state index in [0.717, 1.165) is 31.3 Å². The highest BCUT2D eigenvalue weighted by atomic mass is 16.2. The molecule has 0 aliphatic heterocycles. The van der Waals surface area contributed by atoms with Gasteiger partial charge in [-0.05, 0) is 25.7 Å². The van der Waals surface area contributed by atoms with E-state index in [-0.39, 0.29) is 11.6 Å². The summed E-state index contributed by atoms with van der Waals surface area (Å²) in [5, 5.41) is 0. The minimum absolute atomic E-state index is 0.176. The van der Waals surface area contributed by atoms with Gasteiger partial charge in [-0.1, -0.05) is 18.6 Å². The molecule has 0 aromatic carbocycles. The van der Waals surface area contributed by atoms with E-state index in [0.29, 0.717) is 19.3 Å². The molecule has 0 N–H and O–H groups in total. The molecule has 1 atom stereocenters. The van der Waals surface area contributed by atoms with Crippen LogP contribution >= 0.6 is 0 Å². The van der Waals surface area contributed by atoms with Gasteiger partial charge in [0.1, 0.15) is 11.6 Å².